The van der Waals surface area contributed by atoms with E-state index < -0.39 is 17.8 Å². The molecule has 0 saturated heterocycles. The summed E-state index contributed by atoms with van der Waals surface area (Å²) in [5.74, 6) is -1.96. The molecule has 0 spiro atoms. The number of hydrogen-bond acceptors (Lipinski definition) is 3. The Labute approximate surface area is 53.9 Å². The van der Waals surface area contributed by atoms with Crippen LogP contribution in [0.2, 0.25) is 0 Å². The van der Waals surface area contributed by atoms with Crippen molar-refractivity contribution in [3.05, 3.63) is 11.8 Å². The molecule has 0 aromatic carbocycles. The second kappa shape index (κ2) is 2.59. The first-order valence-corrected chi connectivity index (χ1v) is 2.09. The summed E-state index contributed by atoms with van der Waals surface area (Å²) in [6.07, 6.45) is -5.00. The second-order valence-electron chi connectivity index (χ2n) is 1.42. The third-order valence-electron chi connectivity index (χ3n) is 0.601. The molecular formula is C4H3F3NO2-. The summed E-state index contributed by atoms with van der Waals surface area (Å²) in [5.41, 5.74) is 2.59. The molecule has 58 valence electrons. The van der Waals surface area contributed by atoms with Gasteiger partial charge in [-0.05, 0) is 6.08 Å². The van der Waals surface area contributed by atoms with E-state index in [1.807, 2.05) is 0 Å². The van der Waals surface area contributed by atoms with Crippen molar-refractivity contribution in [2.24, 2.45) is 5.73 Å². The fourth-order valence-electron chi connectivity index (χ4n) is 0.209. The van der Waals surface area contributed by atoms with Crippen LogP contribution in [0.3, 0.4) is 0 Å². The SMILES string of the molecule is NC(=CC(=O)[O-])C(F)(F)F. The molecule has 0 radical (unpaired) electrons. The van der Waals surface area contributed by atoms with Crippen LogP contribution in [0, 0.1) is 0 Å². The molecule has 0 amide bonds. The minimum atomic E-state index is -4.79. The number of rotatable bonds is 1. The van der Waals surface area contributed by atoms with Gasteiger partial charge in [0.15, 0.2) is 0 Å². The number of allylic oxidation sites excluding steroid dienone is 1. The van der Waals surface area contributed by atoms with E-state index in [-0.39, 0.29) is 6.08 Å². The fourth-order valence-corrected chi connectivity index (χ4v) is 0.209. The van der Waals surface area contributed by atoms with Gasteiger partial charge in [-0.25, -0.2) is 0 Å². The van der Waals surface area contributed by atoms with Gasteiger partial charge in [-0.1, -0.05) is 0 Å². The zero-order valence-electron chi connectivity index (χ0n) is 4.61. The molecule has 0 fully saturated rings. The highest BCUT2D eigenvalue weighted by atomic mass is 19.4. The number of carbonyl (C=O) groups excluding carboxylic acids is 1. The third kappa shape index (κ3) is 2.95. The molecular weight excluding hydrogens is 151 g/mol. The number of carbonyl (C=O) groups is 1. The molecule has 0 aromatic heterocycles. The number of carboxylic acid groups (broad SMARTS) is 1. The number of alkyl halides is 3. The quantitative estimate of drug-likeness (QED) is 0.500. The van der Waals surface area contributed by atoms with Crippen molar-refractivity contribution in [3.63, 3.8) is 0 Å². The van der Waals surface area contributed by atoms with Crippen molar-refractivity contribution in [1.82, 2.24) is 0 Å². The van der Waals surface area contributed by atoms with E-state index in [4.69, 9.17) is 0 Å². The minimum absolute atomic E-state index is 0.208. The van der Waals surface area contributed by atoms with Crippen LogP contribution in [0.4, 0.5) is 13.2 Å². The van der Waals surface area contributed by atoms with Crippen molar-refractivity contribution < 1.29 is 23.1 Å². The molecule has 0 bridgehead atoms. The van der Waals surface area contributed by atoms with Gasteiger partial charge in [0.1, 0.15) is 5.70 Å². The Kier molecular flexibility index (Phi) is 2.28. The Hall–Kier alpha value is -1.20. The van der Waals surface area contributed by atoms with Gasteiger partial charge in [0.2, 0.25) is 0 Å². The number of carboxylic acids is 1. The summed E-state index contributed by atoms with van der Waals surface area (Å²) in [4.78, 5) is 9.49. The van der Waals surface area contributed by atoms with Crippen molar-refractivity contribution in [1.29, 1.82) is 0 Å². The van der Waals surface area contributed by atoms with Gasteiger partial charge in [0, 0.05) is 0 Å². The largest absolute Gasteiger partial charge is 0.545 e. The molecule has 0 aromatic rings. The smallest absolute Gasteiger partial charge is 0.430 e. The molecule has 6 heteroatoms. The summed E-state index contributed by atoms with van der Waals surface area (Å²) >= 11 is 0. The summed E-state index contributed by atoms with van der Waals surface area (Å²) in [6, 6.07) is 0. The van der Waals surface area contributed by atoms with Crippen LogP contribution < -0.4 is 10.8 Å². The molecule has 3 nitrogen and oxygen atoms in total. The zero-order valence-corrected chi connectivity index (χ0v) is 4.61. The monoisotopic (exact) mass is 154 g/mol. The fraction of sp³-hybridized carbons (Fsp3) is 0.250. The molecule has 0 rings (SSSR count). The second-order valence-corrected chi connectivity index (χ2v) is 1.42. The summed E-state index contributed by atoms with van der Waals surface area (Å²) in [5, 5.41) is 9.49. The van der Waals surface area contributed by atoms with Gasteiger partial charge in [0.25, 0.3) is 0 Å². The summed E-state index contributed by atoms with van der Waals surface area (Å²) in [6.45, 7) is 0. The van der Waals surface area contributed by atoms with Crippen molar-refractivity contribution in [2.75, 3.05) is 0 Å². The van der Waals surface area contributed by atoms with Crippen LogP contribution >= 0.6 is 0 Å². The predicted octanol–water partition coefficient (Wildman–Crippen LogP) is -0.859. The number of halogens is 3. The summed E-state index contributed by atoms with van der Waals surface area (Å²) in [7, 11) is 0. The minimum Gasteiger partial charge on any atom is -0.545 e. The Morgan fingerprint density at radius 2 is 1.90 bits per heavy atom. The molecule has 0 saturated carbocycles. The van der Waals surface area contributed by atoms with Gasteiger partial charge in [0.05, 0.1) is 5.97 Å². The molecule has 0 aliphatic rings. The van der Waals surface area contributed by atoms with E-state index in [9.17, 15) is 23.1 Å². The highest BCUT2D eigenvalue weighted by molar-refractivity contribution is 5.78. The Bertz CT molecular complexity index is 172. The summed E-state index contributed by atoms with van der Waals surface area (Å²) < 4.78 is 34.0. The molecule has 0 aliphatic carbocycles. The molecule has 0 aliphatic heterocycles. The van der Waals surface area contributed by atoms with Gasteiger partial charge >= 0.3 is 6.18 Å². The standard InChI is InChI=1S/C4H4F3NO2/c5-4(6,7)2(8)1-3(9)10/h1H,8H2,(H,9,10)/p-1. The first-order chi connectivity index (χ1) is 4.34. The predicted molar refractivity (Wildman–Crippen MR) is 23.3 cm³/mol. The maximum absolute atomic E-state index is 11.3. The highest BCUT2D eigenvalue weighted by Gasteiger charge is 2.30. The van der Waals surface area contributed by atoms with Gasteiger partial charge in [-0.2, -0.15) is 13.2 Å². The maximum Gasteiger partial charge on any atom is 0.430 e. The van der Waals surface area contributed by atoms with Crippen molar-refractivity contribution >= 4 is 5.97 Å². The van der Waals surface area contributed by atoms with E-state index in [0.29, 0.717) is 0 Å². The molecule has 10 heavy (non-hydrogen) atoms. The lowest BCUT2D eigenvalue weighted by Gasteiger charge is -2.05. The van der Waals surface area contributed by atoms with Crippen molar-refractivity contribution in [3.8, 4) is 0 Å². The lowest BCUT2D eigenvalue weighted by Crippen LogP contribution is -2.26. The third-order valence-corrected chi connectivity index (χ3v) is 0.601. The van der Waals surface area contributed by atoms with Gasteiger partial charge in [-0.15, -0.1) is 0 Å². The maximum atomic E-state index is 11.3. The number of hydrogen-bond donors (Lipinski definition) is 1. The Morgan fingerprint density at radius 1 is 1.50 bits per heavy atom. The molecule has 0 unspecified atom stereocenters. The van der Waals surface area contributed by atoms with Crippen LogP contribution in [0.15, 0.2) is 11.8 Å². The average molecular weight is 154 g/mol. The van der Waals surface area contributed by atoms with E-state index in [1.54, 1.807) is 0 Å². The zero-order chi connectivity index (χ0) is 8.36. The van der Waals surface area contributed by atoms with Crippen LogP contribution in [0.25, 0.3) is 0 Å². The first-order valence-electron chi connectivity index (χ1n) is 2.09. The normalized spacial score (nSPS) is 13.3. The van der Waals surface area contributed by atoms with E-state index in [0.717, 1.165) is 0 Å². The average Bonchev–Trinajstić information content (AvgIpc) is 1.60. The van der Waals surface area contributed by atoms with Crippen LogP contribution in [-0.4, -0.2) is 12.1 Å². The van der Waals surface area contributed by atoms with Crippen LogP contribution in [-0.2, 0) is 4.79 Å². The highest BCUT2D eigenvalue weighted by Crippen LogP contribution is 2.20. The molecule has 0 heterocycles. The van der Waals surface area contributed by atoms with Crippen LogP contribution in [0.1, 0.15) is 0 Å². The van der Waals surface area contributed by atoms with E-state index in [1.165, 1.54) is 0 Å². The topological polar surface area (TPSA) is 66.2 Å². The first kappa shape index (κ1) is 8.80. The number of nitrogens with two attached hydrogens (primary N) is 1. The lowest BCUT2D eigenvalue weighted by atomic mass is 10.4. The van der Waals surface area contributed by atoms with E-state index in [2.05, 4.69) is 5.73 Å². The number of aliphatic carboxylic acids is 1. The lowest BCUT2D eigenvalue weighted by molar-refractivity contribution is -0.297. The van der Waals surface area contributed by atoms with Gasteiger partial charge < -0.3 is 15.6 Å². The molecule has 0 atom stereocenters. The van der Waals surface area contributed by atoms with Gasteiger partial charge in [-0.3, -0.25) is 0 Å². The van der Waals surface area contributed by atoms with Crippen LogP contribution in [0.5, 0.6) is 0 Å². The Morgan fingerprint density at radius 3 is 2.00 bits per heavy atom. The molecule has 2 N–H and O–H groups in total. The Balaban J connectivity index is 4.35. The van der Waals surface area contributed by atoms with E-state index >= 15 is 0 Å². The van der Waals surface area contributed by atoms with Crippen molar-refractivity contribution in [2.45, 2.75) is 6.18 Å².